The van der Waals surface area contributed by atoms with Crippen LogP contribution in [0.15, 0.2) is 231 Å². The van der Waals surface area contributed by atoms with E-state index in [-0.39, 0.29) is 0 Å². The van der Waals surface area contributed by atoms with Crippen molar-refractivity contribution in [1.82, 2.24) is 0 Å². The highest BCUT2D eigenvalue weighted by atomic mass is 32.1. The molecule has 2 aliphatic carbocycles. The predicted octanol–water partition coefficient (Wildman–Crippen LogP) is 18.7. The van der Waals surface area contributed by atoms with Crippen molar-refractivity contribution in [2.45, 2.75) is 5.41 Å². The second kappa shape index (κ2) is 13.4. The first kappa shape index (κ1) is 36.8. The van der Waals surface area contributed by atoms with E-state index in [2.05, 4.69) is 231 Å². The molecule has 312 valence electrons. The molecule has 0 atom stereocenters. The van der Waals surface area contributed by atoms with Crippen molar-refractivity contribution in [3.8, 4) is 44.5 Å². The van der Waals surface area contributed by atoms with Crippen molar-refractivity contribution in [3.05, 3.63) is 253 Å². The van der Waals surface area contributed by atoms with Gasteiger partial charge in [0.15, 0.2) is 0 Å². The summed E-state index contributed by atoms with van der Waals surface area (Å²) >= 11 is 1.89. The lowest BCUT2D eigenvalue weighted by Gasteiger charge is -2.32. The molecule has 0 aliphatic heterocycles. The minimum Gasteiger partial charge on any atom is -0.135 e. The van der Waals surface area contributed by atoms with Crippen molar-refractivity contribution in [1.29, 1.82) is 0 Å². The van der Waals surface area contributed by atoms with Crippen LogP contribution in [0, 0.1) is 0 Å². The molecular weight excluding hydrogens is 837 g/mol. The normalized spacial score (nSPS) is 13.4. The van der Waals surface area contributed by atoms with E-state index in [4.69, 9.17) is 0 Å². The van der Waals surface area contributed by atoms with E-state index in [1.54, 1.807) is 0 Å². The molecule has 68 heavy (non-hydrogen) atoms. The molecule has 0 bridgehead atoms. The van der Waals surface area contributed by atoms with Gasteiger partial charge in [-0.3, -0.25) is 0 Å². The van der Waals surface area contributed by atoms with Crippen LogP contribution in [0.3, 0.4) is 0 Å². The van der Waals surface area contributed by atoms with Gasteiger partial charge in [0.2, 0.25) is 0 Å². The molecular formula is C67H38S. The lowest BCUT2D eigenvalue weighted by Crippen LogP contribution is -2.26. The number of hydrogen-bond donors (Lipinski definition) is 0. The van der Waals surface area contributed by atoms with Crippen LogP contribution in [-0.2, 0) is 5.41 Å². The average Bonchev–Trinajstić information content (AvgIpc) is 4.01. The molecule has 16 rings (SSSR count). The molecule has 0 fully saturated rings. The van der Waals surface area contributed by atoms with Gasteiger partial charge in [-0.1, -0.05) is 188 Å². The molecule has 0 nitrogen and oxygen atoms in total. The smallest absolute Gasteiger partial charge is 0.0731 e. The largest absolute Gasteiger partial charge is 0.135 e. The van der Waals surface area contributed by atoms with Crippen molar-refractivity contribution in [2.24, 2.45) is 0 Å². The Bertz CT molecular complexity index is 4460. The maximum Gasteiger partial charge on any atom is 0.0731 e. The minimum atomic E-state index is -0.491. The van der Waals surface area contributed by atoms with Crippen LogP contribution in [0.5, 0.6) is 0 Å². The second-order valence-electron chi connectivity index (χ2n) is 19.0. The number of thiophene rings is 1. The molecule has 0 radical (unpaired) electrons. The Hall–Kier alpha value is -8.36. The third-order valence-electron chi connectivity index (χ3n) is 15.8. The van der Waals surface area contributed by atoms with E-state index in [0.29, 0.717) is 0 Å². The van der Waals surface area contributed by atoms with Gasteiger partial charge in [0.1, 0.15) is 0 Å². The summed E-state index contributed by atoms with van der Waals surface area (Å²) in [5, 5.41) is 18.0. The van der Waals surface area contributed by atoms with Crippen LogP contribution in [0.1, 0.15) is 22.3 Å². The van der Waals surface area contributed by atoms with Gasteiger partial charge in [-0.25, -0.2) is 0 Å². The fourth-order valence-electron chi connectivity index (χ4n) is 13.1. The van der Waals surface area contributed by atoms with Crippen LogP contribution in [0.2, 0.25) is 0 Å². The Morgan fingerprint density at radius 1 is 0.250 bits per heavy atom. The molecule has 0 unspecified atom stereocenters. The van der Waals surface area contributed by atoms with Gasteiger partial charge in [-0.2, -0.15) is 0 Å². The van der Waals surface area contributed by atoms with Crippen molar-refractivity contribution < 1.29 is 0 Å². The van der Waals surface area contributed by atoms with Gasteiger partial charge in [-0.15, -0.1) is 11.3 Å². The zero-order valence-corrected chi connectivity index (χ0v) is 37.7. The van der Waals surface area contributed by atoms with Crippen molar-refractivity contribution in [3.63, 3.8) is 0 Å². The summed E-state index contributed by atoms with van der Waals surface area (Å²) in [6.07, 6.45) is 0. The van der Waals surface area contributed by atoms with Gasteiger partial charge >= 0.3 is 0 Å². The second-order valence-corrected chi connectivity index (χ2v) is 20.1. The van der Waals surface area contributed by atoms with E-state index in [1.807, 2.05) is 11.3 Å². The Morgan fingerprint density at radius 3 is 1.32 bits per heavy atom. The summed E-state index contributed by atoms with van der Waals surface area (Å²) in [4.78, 5) is 0. The topological polar surface area (TPSA) is 0 Å². The number of fused-ring (bicyclic) bond motifs is 22. The molecule has 1 spiro atoms. The number of benzene rings is 13. The first-order valence-corrected chi connectivity index (χ1v) is 24.6. The highest BCUT2D eigenvalue weighted by Gasteiger charge is 2.53. The SMILES string of the molecule is c1ccc2c(c1)-c1ccccc1C21c2cc3ccccc3cc2-c2c1c1ccc(-c3c4ccccc4c(-c4ccc5sc6cc7ccccc7cc6c5c4)c4ccccc34)cc1c1ccccc21. The predicted molar refractivity (Wildman–Crippen MR) is 292 cm³/mol. The fraction of sp³-hybridized carbons (Fsp3) is 0.0149. The third kappa shape index (κ3) is 4.69. The third-order valence-corrected chi connectivity index (χ3v) is 16.9. The molecule has 2 aliphatic rings. The molecule has 13 aromatic carbocycles. The highest BCUT2D eigenvalue weighted by Crippen LogP contribution is 2.66. The Balaban J connectivity index is 0.990. The number of hydrogen-bond acceptors (Lipinski definition) is 1. The molecule has 0 N–H and O–H groups in total. The van der Waals surface area contributed by atoms with Gasteiger partial charge < -0.3 is 0 Å². The van der Waals surface area contributed by atoms with Gasteiger partial charge in [0.05, 0.1) is 5.41 Å². The standard InChI is InChI=1S/C67H38S/c1-3-17-41-37-60-57(34-40(41)16-1)65-48-22-6-5-19-45(48)54-35-43(29-31-53(54)66(65)67(60)58-27-13-11-20-46(58)47-21-12-14-28-59(47)67)63-49-23-7-9-25-51(49)64(52-26-10-8-24-50(52)63)44-30-32-61-55(36-44)56-33-39-15-2-4-18-42(39)38-62(56)68-61/h1-38H. The highest BCUT2D eigenvalue weighted by molar-refractivity contribution is 7.25. The molecule has 1 heterocycles. The fourth-order valence-corrected chi connectivity index (χ4v) is 14.2. The molecule has 14 aromatic rings. The molecule has 0 saturated carbocycles. The molecule has 1 aromatic heterocycles. The summed E-state index contributed by atoms with van der Waals surface area (Å²) < 4.78 is 2.65. The quantitative estimate of drug-likeness (QED) is 0.120. The van der Waals surface area contributed by atoms with Gasteiger partial charge in [0.25, 0.3) is 0 Å². The van der Waals surface area contributed by atoms with Crippen LogP contribution in [0.25, 0.3) is 129 Å². The van der Waals surface area contributed by atoms with E-state index in [0.717, 1.165) is 0 Å². The van der Waals surface area contributed by atoms with E-state index >= 15 is 0 Å². The Labute approximate surface area is 396 Å². The zero-order valence-electron chi connectivity index (χ0n) is 36.8. The van der Waals surface area contributed by atoms with E-state index in [1.165, 1.54) is 152 Å². The molecule has 0 saturated heterocycles. The summed E-state index contributed by atoms with van der Waals surface area (Å²) in [6.45, 7) is 0. The maximum absolute atomic E-state index is 2.53. The van der Waals surface area contributed by atoms with Crippen LogP contribution >= 0.6 is 11.3 Å². The van der Waals surface area contributed by atoms with Crippen LogP contribution in [-0.4, -0.2) is 0 Å². The maximum atomic E-state index is 2.53. The first-order chi connectivity index (χ1) is 33.7. The lowest BCUT2D eigenvalue weighted by molar-refractivity contribution is 0.803. The summed E-state index contributed by atoms with van der Waals surface area (Å²) in [5.74, 6) is 0. The van der Waals surface area contributed by atoms with E-state index in [9.17, 15) is 0 Å². The summed E-state index contributed by atoms with van der Waals surface area (Å²) in [7, 11) is 0. The minimum absolute atomic E-state index is 0.491. The lowest BCUT2D eigenvalue weighted by atomic mass is 9.69. The zero-order chi connectivity index (χ0) is 44.2. The summed E-state index contributed by atoms with van der Waals surface area (Å²) in [6, 6.07) is 87.8. The van der Waals surface area contributed by atoms with Crippen molar-refractivity contribution >= 4 is 96.1 Å². The Kier molecular flexibility index (Phi) is 7.25. The number of rotatable bonds is 2. The molecule has 0 amide bonds. The molecule has 1 heteroatoms. The first-order valence-electron chi connectivity index (χ1n) is 23.7. The van der Waals surface area contributed by atoms with E-state index < -0.39 is 5.41 Å². The van der Waals surface area contributed by atoms with Crippen LogP contribution in [0.4, 0.5) is 0 Å². The van der Waals surface area contributed by atoms with Crippen LogP contribution < -0.4 is 0 Å². The monoisotopic (exact) mass is 874 g/mol. The Morgan fingerprint density at radius 2 is 0.706 bits per heavy atom. The summed E-state index contributed by atoms with van der Waals surface area (Å²) in [5.41, 5.74) is 15.4. The van der Waals surface area contributed by atoms with Crippen molar-refractivity contribution in [2.75, 3.05) is 0 Å². The average molecular weight is 875 g/mol. The van der Waals surface area contributed by atoms with Gasteiger partial charge in [-0.05, 0) is 174 Å². The van der Waals surface area contributed by atoms with Gasteiger partial charge in [0, 0.05) is 20.2 Å².